The van der Waals surface area contributed by atoms with Crippen molar-refractivity contribution in [1.29, 1.82) is 0 Å². The van der Waals surface area contributed by atoms with Gasteiger partial charge in [0.1, 0.15) is 22.3 Å². The molecule has 1 aliphatic carbocycles. The van der Waals surface area contributed by atoms with Crippen molar-refractivity contribution in [2.75, 3.05) is 31.5 Å². The number of nitrogens with zero attached hydrogens (tertiary/aromatic N) is 5. The molecular formula is C25H29FN8O2S. The van der Waals surface area contributed by atoms with Crippen LogP contribution in [0.5, 0.6) is 0 Å². The number of carbonyl (C=O) groups is 2. The molecule has 12 heteroatoms. The maximum absolute atomic E-state index is 14.4. The van der Waals surface area contributed by atoms with Gasteiger partial charge in [0.2, 0.25) is 11.8 Å². The summed E-state index contributed by atoms with van der Waals surface area (Å²) in [5, 5.41) is 15.8. The quantitative estimate of drug-likeness (QED) is 0.407. The molecular weight excluding hydrogens is 495 g/mol. The van der Waals surface area contributed by atoms with Gasteiger partial charge in [-0.05, 0) is 37.1 Å². The summed E-state index contributed by atoms with van der Waals surface area (Å²) in [6.07, 6.45) is 6.02. The molecule has 0 spiro atoms. The Kier molecular flexibility index (Phi) is 7.11. The predicted octanol–water partition coefficient (Wildman–Crippen LogP) is 2.06. The molecule has 0 aromatic carbocycles. The summed E-state index contributed by atoms with van der Waals surface area (Å²) in [4.78, 5) is 35.4. The monoisotopic (exact) mass is 524 g/mol. The van der Waals surface area contributed by atoms with Crippen LogP contribution in [0.15, 0.2) is 36.7 Å². The van der Waals surface area contributed by atoms with Gasteiger partial charge in [-0.1, -0.05) is 6.42 Å². The summed E-state index contributed by atoms with van der Waals surface area (Å²) in [5.41, 5.74) is 6.48. The number of nitrogens with two attached hydrogens (primary N) is 1. The number of pyridine rings is 1. The van der Waals surface area contributed by atoms with Crippen LogP contribution >= 0.6 is 11.3 Å². The van der Waals surface area contributed by atoms with Crippen LogP contribution in [0, 0.1) is 5.82 Å². The van der Waals surface area contributed by atoms with Gasteiger partial charge in [0.15, 0.2) is 0 Å². The molecule has 1 saturated heterocycles. The van der Waals surface area contributed by atoms with E-state index in [9.17, 15) is 14.0 Å². The number of primary amides is 1. The van der Waals surface area contributed by atoms with Crippen molar-refractivity contribution in [3.8, 4) is 10.7 Å². The number of rotatable bonds is 8. The van der Waals surface area contributed by atoms with Gasteiger partial charge in [-0.25, -0.2) is 9.37 Å². The third kappa shape index (κ3) is 5.16. The van der Waals surface area contributed by atoms with E-state index < -0.39 is 11.8 Å². The lowest BCUT2D eigenvalue weighted by Gasteiger charge is -2.41. The summed E-state index contributed by atoms with van der Waals surface area (Å²) in [6.45, 7) is 3.63. The van der Waals surface area contributed by atoms with Crippen LogP contribution in [-0.2, 0) is 15.0 Å². The molecule has 5 rings (SSSR count). The third-order valence-corrected chi connectivity index (χ3v) is 8.36. The van der Waals surface area contributed by atoms with Gasteiger partial charge >= 0.3 is 0 Å². The number of nitrogens with one attached hydrogen (secondary N) is 2. The van der Waals surface area contributed by atoms with Crippen LogP contribution in [-0.4, -0.2) is 69.1 Å². The van der Waals surface area contributed by atoms with Gasteiger partial charge in [-0.2, -0.15) is 0 Å². The Bertz CT molecular complexity index is 1280. The predicted molar refractivity (Wildman–Crippen MR) is 137 cm³/mol. The van der Waals surface area contributed by atoms with Crippen molar-refractivity contribution in [2.24, 2.45) is 5.73 Å². The Balaban J connectivity index is 1.27. The van der Waals surface area contributed by atoms with Gasteiger partial charge in [-0.15, -0.1) is 21.5 Å². The van der Waals surface area contributed by atoms with E-state index in [0.717, 1.165) is 19.3 Å². The number of piperazine rings is 1. The Hall–Kier alpha value is -3.51. The average molecular weight is 525 g/mol. The van der Waals surface area contributed by atoms with E-state index in [1.54, 1.807) is 23.4 Å². The standard InChI is InChI=1S/C25H29FN8O2S/c1-15(35)34-11-10-28-18(13-34)21(23(27)36)19-12-30-24(37-19)17-5-6-20(33-32-17)31-14-25(7-3-8-25)22-16(26)4-2-9-29-22/h2,4-6,9,12,18,21,28H,3,7-8,10-11,13-14H2,1H3,(H2,27,36)(H,31,33)/t18-,21?/m1/s1. The SMILES string of the molecule is CC(=O)N1CCN[C@@H](C(C(N)=O)c2cnc(-c3ccc(NCC4(c5ncccc5F)CCC4)nn3)s2)C1. The molecule has 3 aromatic rings. The second kappa shape index (κ2) is 10.5. The fourth-order valence-corrected chi connectivity index (χ4v) is 6.11. The zero-order valence-corrected chi connectivity index (χ0v) is 21.3. The fraction of sp³-hybridized carbons (Fsp3) is 0.440. The Labute approximate surface area is 217 Å². The smallest absolute Gasteiger partial charge is 0.227 e. The second-order valence-corrected chi connectivity index (χ2v) is 10.7. The van der Waals surface area contributed by atoms with E-state index in [2.05, 4.69) is 30.8 Å². The van der Waals surface area contributed by atoms with Gasteiger partial charge in [0.25, 0.3) is 0 Å². The molecule has 0 bridgehead atoms. The summed E-state index contributed by atoms with van der Waals surface area (Å²) in [6, 6.07) is 6.38. The third-order valence-electron chi connectivity index (χ3n) is 7.25. The van der Waals surface area contributed by atoms with E-state index in [0.29, 0.717) is 53.3 Å². The number of halogens is 1. The minimum atomic E-state index is -0.618. The molecule has 2 fully saturated rings. The van der Waals surface area contributed by atoms with Crippen LogP contribution in [0.1, 0.15) is 42.7 Å². The van der Waals surface area contributed by atoms with Crippen LogP contribution in [0.2, 0.25) is 0 Å². The summed E-state index contributed by atoms with van der Waals surface area (Å²) in [7, 11) is 0. The van der Waals surface area contributed by atoms with Crippen molar-refractivity contribution in [2.45, 2.75) is 43.6 Å². The molecule has 4 heterocycles. The summed E-state index contributed by atoms with van der Waals surface area (Å²) < 4.78 is 14.4. The number of hydrogen-bond donors (Lipinski definition) is 3. The molecule has 4 N–H and O–H groups in total. The van der Waals surface area contributed by atoms with Crippen molar-refractivity contribution < 1.29 is 14.0 Å². The van der Waals surface area contributed by atoms with Crippen molar-refractivity contribution >= 4 is 29.0 Å². The normalized spacial score (nSPS) is 19.6. The number of carbonyl (C=O) groups excluding carboxylic acids is 2. The van der Waals surface area contributed by atoms with Crippen LogP contribution in [0.4, 0.5) is 10.2 Å². The van der Waals surface area contributed by atoms with E-state index in [1.807, 2.05) is 12.1 Å². The average Bonchev–Trinajstić information content (AvgIpc) is 3.34. The number of thiazole rings is 1. The molecule has 1 aliphatic heterocycles. The lowest BCUT2D eigenvalue weighted by Crippen LogP contribution is -2.56. The highest BCUT2D eigenvalue weighted by molar-refractivity contribution is 7.15. The fourth-order valence-electron chi connectivity index (χ4n) is 5.05. The molecule has 1 saturated carbocycles. The molecule has 1 unspecified atom stereocenters. The van der Waals surface area contributed by atoms with Crippen LogP contribution < -0.4 is 16.4 Å². The molecule has 10 nitrogen and oxygen atoms in total. The van der Waals surface area contributed by atoms with Crippen molar-refractivity contribution in [1.82, 2.24) is 30.4 Å². The molecule has 2 amide bonds. The summed E-state index contributed by atoms with van der Waals surface area (Å²) in [5.74, 6) is -0.825. The summed E-state index contributed by atoms with van der Waals surface area (Å²) >= 11 is 1.33. The highest BCUT2D eigenvalue weighted by atomic mass is 32.1. The van der Waals surface area contributed by atoms with Gasteiger partial charge in [-0.3, -0.25) is 14.6 Å². The molecule has 2 atom stereocenters. The maximum atomic E-state index is 14.4. The zero-order chi connectivity index (χ0) is 26.0. The zero-order valence-electron chi connectivity index (χ0n) is 20.5. The van der Waals surface area contributed by atoms with E-state index in [1.165, 1.54) is 24.3 Å². The topological polar surface area (TPSA) is 139 Å². The molecule has 37 heavy (non-hydrogen) atoms. The number of aromatic nitrogens is 4. The van der Waals surface area contributed by atoms with Crippen molar-refractivity contribution in [3.05, 3.63) is 53.0 Å². The number of anilines is 1. The van der Waals surface area contributed by atoms with Crippen molar-refractivity contribution in [3.63, 3.8) is 0 Å². The first kappa shape index (κ1) is 25.2. The highest BCUT2D eigenvalue weighted by Gasteiger charge is 2.42. The maximum Gasteiger partial charge on any atom is 0.227 e. The number of amides is 2. The lowest BCUT2D eigenvalue weighted by atomic mass is 9.66. The van der Waals surface area contributed by atoms with E-state index >= 15 is 0 Å². The molecule has 194 valence electrons. The van der Waals surface area contributed by atoms with Gasteiger partial charge in [0.05, 0.1) is 11.6 Å². The van der Waals surface area contributed by atoms with Crippen LogP contribution in [0.3, 0.4) is 0 Å². The second-order valence-electron chi connectivity index (χ2n) is 9.60. The Morgan fingerprint density at radius 1 is 1.30 bits per heavy atom. The minimum Gasteiger partial charge on any atom is -0.369 e. The lowest BCUT2D eigenvalue weighted by molar-refractivity contribution is -0.131. The molecule has 2 aliphatic rings. The first-order chi connectivity index (χ1) is 17.9. The number of hydrogen-bond acceptors (Lipinski definition) is 9. The van der Waals surface area contributed by atoms with E-state index in [-0.39, 0.29) is 23.2 Å². The minimum absolute atomic E-state index is 0.0305. The molecule has 3 aromatic heterocycles. The Morgan fingerprint density at radius 3 is 2.78 bits per heavy atom. The Morgan fingerprint density at radius 2 is 2.14 bits per heavy atom. The van der Waals surface area contributed by atoms with E-state index in [4.69, 9.17) is 5.73 Å². The molecule has 0 radical (unpaired) electrons. The largest absolute Gasteiger partial charge is 0.369 e. The highest BCUT2D eigenvalue weighted by Crippen LogP contribution is 2.43. The van der Waals surface area contributed by atoms with Gasteiger partial charge in [0, 0.05) is 61.8 Å². The van der Waals surface area contributed by atoms with Gasteiger partial charge < -0.3 is 21.3 Å². The first-order valence-electron chi connectivity index (χ1n) is 12.3. The first-order valence-corrected chi connectivity index (χ1v) is 13.1. The van der Waals surface area contributed by atoms with Crippen LogP contribution in [0.25, 0.3) is 10.7 Å².